The Kier molecular flexibility index (Phi) is 6.72. The van der Waals surface area contributed by atoms with Crippen LogP contribution in [-0.4, -0.2) is 10.9 Å². The molecule has 1 atom stereocenters. The normalized spacial score (nSPS) is 12.1. The lowest BCUT2D eigenvalue weighted by molar-refractivity contribution is -0.117. The van der Waals surface area contributed by atoms with Gasteiger partial charge in [-0.05, 0) is 55.3 Å². The molecule has 0 fully saturated rings. The van der Waals surface area contributed by atoms with Gasteiger partial charge in [-0.3, -0.25) is 4.79 Å². The molecule has 3 rings (SSSR count). The molecule has 150 valence electrons. The Balaban J connectivity index is 1.57. The molecule has 3 aromatic rings. The molecule has 0 aliphatic carbocycles. The summed E-state index contributed by atoms with van der Waals surface area (Å²) in [6.45, 7) is 4.02. The van der Waals surface area contributed by atoms with E-state index in [9.17, 15) is 13.6 Å². The predicted molar refractivity (Wildman–Crippen MR) is 110 cm³/mol. The first-order valence-electron chi connectivity index (χ1n) is 8.98. The molecule has 0 radical (unpaired) electrons. The van der Waals surface area contributed by atoms with E-state index in [0.29, 0.717) is 17.9 Å². The molecular formula is C22H20F2N2O2S. The minimum absolute atomic E-state index is 0.341. The van der Waals surface area contributed by atoms with Crippen LogP contribution in [-0.2, 0) is 11.4 Å². The summed E-state index contributed by atoms with van der Waals surface area (Å²) in [5.41, 5.74) is 2.16. The molecule has 2 aromatic carbocycles. The van der Waals surface area contributed by atoms with Gasteiger partial charge in [-0.1, -0.05) is 18.2 Å². The van der Waals surface area contributed by atoms with E-state index in [2.05, 4.69) is 10.3 Å². The smallest absolute Gasteiger partial charge is 0.244 e. The summed E-state index contributed by atoms with van der Waals surface area (Å²) in [5, 5.41) is 5.67. The average molecular weight is 414 g/mol. The van der Waals surface area contributed by atoms with E-state index in [0.717, 1.165) is 28.4 Å². The van der Waals surface area contributed by atoms with Crippen LogP contribution in [0, 0.1) is 18.6 Å². The summed E-state index contributed by atoms with van der Waals surface area (Å²) in [4.78, 5) is 16.5. The summed E-state index contributed by atoms with van der Waals surface area (Å²) in [5.74, 6) is -1.53. The van der Waals surface area contributed by atoms with Gasteiger partial charge in [-0.2, -0.15) is 0 Å². The highest BCUT2D eigenvalue weighted by molar-refractivity contribution is 7.09. The number of carbonyl (C=O) groups is 1. The van der Waals surface area contributed by atoms with Crippen LogP contribution in [0.15, 0.2) is 53.9 Å². The zero-order valence-corrected chi connectivity index (χ0v) is 16.8. The molecule has 4 nitrogen and oxygen atoms in total. The Morgan fingerprint density at radius 3 is 2.79 bits per heavy atom. The van der Waals surface area contributed by atoms with Crippen LogP contribution in [0.1, 0.15) is 34.8 Å². The number of hydrogen-bond donors (Lipinski definition) is 1. The minimum atomic E-state index is -0.941. The predicted octanol–water partition coefficient (Wildman–Crippen LogP) is 5.20. The maximum absolute atomic E-state index is 13.3. The lowest BCUT2D eigenvalue weighted by Crippen LogP contribution is -2.24. The number of aryl methyl sites for hydroxylation is 1. The zero-order chi connectivity index (χ0) is 20.8. The molecule has 0 saturated carbocycles. The number of hydrogen-bond acceptors (Lipinski definition) is 4. The number of nitrogens with one attached hydrogen (secondary N) is 1. The summed E-state index contributed by atoms with van der Waals surface area (Å²) in [7, 11) is 0. The van der Waals surface area contributed by atoms with Crippen LogP contribution < -0.4 is 10.1 Å². The van der Waals surface area contributed by atoms with E-state index < -0.39 is 17.7 Å². The van der Waals surface area contributed by atoms with Crippen molar-refractivity contribution in [2.24, 2.45) is 0 Å². The average Bonchev–Trinajstić information content (AvgIpc) is 3.12. The van der Waals surface area contributed by atoms with Crippen molar-refractivity contribution in [2.45, 2.75) is 26.5 Å². The van der Waals surface area contributed by atoms with Gasteiger partial charge in [0, 0.05) is 11.5 Å². The van der Waals surface area contributed by atoms with E-state index in [1.54, 1.807) is 24.3 Å². The summed E-state index contributed by atoms with van der Waals surface area (Å²) in [6, 6.07) is 10.4. The number of rotatable bonds is 7. The molecule has 0 bridgehead atoms. The van der Waals surface area contributed by atoms with Crippen molar-refractivity contribution in [1.29, 1.82) is 0 Å². The van der Waals surface area contributed by atoms with Crippen LogP contribution in [0.25, 0.3) is 6.08 Å². The third kappa shape index (κ3) is 5.96. The van der Waals surface area contributed by atoms with Crippen LogP contribution in [0.2, 0.25) is 0 Å². The Bertz CT molecular complexity index is 1030. The van der Waals surface area contributed by atoms with Gasteiger partial charge in [0.05, 0.1) is 16.7 Å². The third-order valence-electron chi connectivity index (χ3n) is 4.14. The number of aromatic nitrogens is 1. The number of amides is 1. The van der Waals surface area contributed by atoms with E-state index in [-0.39, 0.29) is 5.91 Å². The molecule has 7 heteroatoms. The van der Waals surface area contributed by atoms with Gasteiger partial charge in [0.2, 0.25) is 5.91 Å². The second-order valence-electron chi connectivity index (χ2n) is 6.46. The Morgan fingerprint density at radius 1 is 1.24 bits per heavy atom. The Labute approximate surface area is 171 Å². The van der Waals surface area contributed by atoms with Gasteiger partial charge in [0.1, 0.15) is 12.4 Å². The summed E-state index contributed by atoms with van der Waals surface area (Å²) in [6.07, 6.45) is 3.05. The van der Waals surface area contributed by atoms with Crippen molar-refractivity contribution in [2.75, 3.05) is 0 Å². The maximum atomic E-state index is 13.3. The maximum Gasteiger partial charge on any atom is 0.244 e. The summed E-state index contributed by atoms with van der Waals surface area (Å²) < 4.78 is 32.1. The fourth-order valence-corrected chi connectivity index (χ4v) is 3.24. The van der Waals surface area contributed by atoms with Gasteiger partial charge in [0.15, 0.2) is 11.6 Å². The molecule has 1 amide bonds. The number of halogens is 2. The van der Waals surface area contributed by atoms with Crippen LogP contribution in [0.3, 0.4) is 0 Å². The number of carbonyl (C=O) groups excluding carboxylic acids is 1. The number of benzene rings is 2. The lowest BCUT2D eigenvalue weighted by Gasteiger charge is -2.13. The molecule has 1 aromatic heterocycles. The zero-order valence-electron chi connectivity index (χ0n) is 16.0. The van der Waals surface area contributed by atoms with Gasteiger partial charge in [-0.15, -0.1) is 11.3 Å². The van der Waals surface area contributed by atoms with Crippen molar-refractivity contribution >= 4 is 23.3 Å². The highest BCUT2D eigenvalue weighted by atomic mass is 32.1. The molecule has 1 unspecified atom stereocenters. The molecule has 0 aliphatic rings. The van der Waals surface area contributed by atoms with Gasteiger partial charge >= 0.3 is 0 Å². The quantitative estimate of drug-likeness (QED) is 0.541. The molecule has 0 saturated heterocycles. The SMILES string of the molecule is Cc1nc(COc2cccc(C=CC(=O)NC(C)c3ccc(F)c(F)c3)c2)cs1. The van der Waals surface area contributed by atoms with Crippen molar-refractivity contribution in [3.05, 3.63) is 87.4 Å². The number of nitrogens with zero attached hydrogens (tertiary/aromatic N) is 1. The molecule has 0 aliphatic heterocycles. The first kappa shape index (κ1) is 20.7. The minimum Gasteiger partial charge on any atom is -0.487 e. The molecule has 1 N–H and O–H groups in total. The number of thiazole rings is 1. The fraction of sp³-hybridized carbons (Fsp3) is 0.182. The van der Waals surface area contributed by atoms with E-state index in [1.807, 2.05) is 36.6 Å². The topological polar surface area (TPSA) is 51.2 Å². The monoisotopic (exact) mass is 414 g/mol. The molecule has 29 heavy (non-hydrogen) atoms. The van der Waals surface area contributed by atoms with Crippen molar-refractivity contribution < 1.29 is 18.3 Å². The highest BCUT2D eigenvalue weighted by Crippen LogP contribution is 2.18. The van der Waals surface area contributed by atoms with Crippen LogP contribution >= 0.6 is 11.3 Å². The largest absolute Gasteiger partial charge is 0.487 e. The number of ether oxygens (including phenoxy) is 1. The molecule has 1 heterocycles. The van der Waals surface area contributed by atoms with Crippen LogP contribution in [0.4, 0.5) is 8.78 Å². The second-order valence-corrected chi connectivity index (χ2v) is 7.52. The van der Waals surface area contributed by atoms with E-state index >= 15 is 0 Å². The van der Waals surface area contributed by atoms with Crippen LogP contribution in [0.5, 0.6) is 5.75 Å². The molecule has 0 spiro atoms. The lowest BCUT2D eigenvalue weighted by atomic mass is 10.1. The third-order valence-corrected chi connectivity index (χ3v) is 4.96. The van der Waals surface area contributed by atoms with Gasteiger partial charge < -0.3 is 10.1 Å². The Morgan fingerprint density at radius 2 is 2.07 bits per heavy atom. The van der Waals surface area contributed by atoms with Crippen molar-refractivity contribution in [3.8, 4) is 5.75 Å². The second kappa shape index (κ2) is 9.43. The molecular weight excluding hydrogens is 394 g/mol. The standard InChI is InChI=1S/C22H20F2N2O2S/c1-14(17-7-8-20(23)21(24)11-17)25-22(27)9-6-16-4-3-5-19(10-16)28-12-18-13-29-15(2)26-18/h3-11,13-14H,12H2,1-2H3,(H,25,27). The van der Waals surface area contributed by atoms with E-state index in [1.165, 1.54) is 12.1 Å². The van der Waals surface area contributed by atoms with E-state index in [4.69, 9.17) is 4.74 Å². The van der Waals surface area contributed by atoms with Crippen molar-refractivity contribution in [3.63, 3.8) is 0 Å². The fourth-order valence-electron chi connectivity index (χ4n) is 2.64. The van der Waals surface area contributed by atoms with Gasteiger partial charge in [0.25, 0.3) is 0 Å². The highest BCUT2D eigenvalue weighted by Gasteiger charge is 2.10. The first-order valence-corrected chi connectivity index (χ1v) is 9.86. The van der Waals surface area contributed by atoms with Gasteiger partial charge in [-0.25, -0.2) is 13.8 Å². The summed E-state index contributed by atoms with van der Waals surface area (Å²) >= 11 is 1.57. The van der Waals surface area contributed by atoms with Crippen molar-refractivity contribution in [1.82, 2.24) is 10.3 Å². The Hall–Kier alpha value is -3.06. The first-order chi connectivity index (χ1) is 13.9.